The Hall–Kier alpha value is -1.69. The molecule has 0 aliphatic carbocycles. The van der Waals surface area contributed by atoms with Crippen molar-refractivity contribution in [3.05, 3.63) is 17.8 Å². The Morgan fingerprint density at radius 3 is 2.44 bits per heavy atom. The van der Waals surface area contributed by atoms with Crippen molar-refractivity contribution in [2.24, 2.45) is 0 Å². The van der Waals surface area contributed by atoms with E-state index in [2.05, 4.69) is 39.6 Å². The van der Waals surface area contributed by atoms with Gasteiger partial charge in [-0.1, -0.05) is 0 Å². The van der Waals surface area contributed by atoms with Crippen molar-refractivity contribution in [1.82, 2.24) is 20.4 Å². The number of likely N-dealkylation sites (N-methyl/N-ethyl adjacent to an activating group) is 1. The molecule has 1 rings (SSSR count). The second-order valence-corrected chi connectivity index (χ2v) is 4.94. The first-order chi connectivity index (χ1) is 8.36. The van der Waals surface area contributed by atoms with Gasteiger partial charge in [0.2, 0.25) is 0 Å². The number of nitrogens with zero attached hydrogens (tertiary/aromatic N) is 3. The Bertz CT molecular complexity index is 399. The summed E-state index contributed by atoms with van der Waals surface area (Å²) in [6.45, 7) is 5.01. The number of hydrogen-bond acceptors (Lipinski definition) is 5. The van der Waals surface area contributed by atoms with E-state index in [1.54, 1.807) is 19.2 Å². The van der Waals surface area contributed by atoms with E-state index >= 15 is 0 Å². The van der Waals surface area contributed by atoms with Crippen LogP contribution in [-0.4, -0.2) is 54.2 Å². The molecule has 0 spiro atoms. The number of carbonyl (C=O) groups excluding carboxylic acids is 1. The lowest BCUT2D eigenvalue weighted by Gasteiger charge is -2.32. The molecule has 0 bridgehead atoms. The molecule has 0 aliphatic heterocycles. The molecule has 0 unspecified atom stereocenters. The lowest BCUT2D eigenvalue weighted by Crippen LogP contribution is -2.44. The highest BCUT2D eigenvalue weighted by molar-refractivity contribution is 5.91. The van der Waals surface area contributed by atoms with Gasteiger partial charge in [-0.3, -0.25) is 4.79 Å². The summed E-state index contributed by atoms with van der Waals surface area (Å²) in [6, 6.07) is 3.40. The van der Waals surface area contributed by atoms with Crippen LogP contribution in [0.3, 0.4) is 0 Å². The normalized spacial score (nSPS) is 11.4. The van der Waals surface area contributed by atoms with Crippen LogP contribution in [-0.2, 0) is 0 Å². The fourth-order valence-corrected chi connectivity index (χ4v) is 1.14. The van der Waals surface area contributed by atoms with Crippen LogP contribution in [0.25, 0.3) is 0 Å². The Labute approximate surface area is 108 Å². The summed E-state index contributed by atoms with van der Waals surface area (Å²) in [5.74, 6) is 0.431. The van der Waals surface area contributed by atoms with Crippen LogP contribution in [0.1, 0.15) is 24.3 Å². The van der Waals surface area contributed by atoms with E-state index in [4.69, 9.17) is 0 Å². The van der Waals surface area contributed by atoms with Crippen LogP contribution in [0.15, 0.2) is 12.1 Å². The molecule has 6 heteroatoms. The Morgan fingerprint density at radius 2 is 2.00 bits per heavy atom. The number of hydrogen-bond donors (Lipinski definition) is 2. The smallest absolute Gasteiger partial charge is 0.271 e. The molecule has 0 saturated heterocycles. The zero-order valence-corrected chi connectivity index (χ0v) is 11.6. The minimum Gasteiger partial charge on any atom is -0.367 e. The number of aromatic nitrogens is 2. The lowest BCUT2D eigenvalue weighted by atomic mass is 10.0. The highest BCUT2D eigenvalue weighted by atomic mass is 16.1. The van der Waals surface area contributed by atoms with Gasteiger partial charge in [-0.25, -0.2) is 0 Å². The van der Waals surface area contributed by atoms with Crippen molar-refractivity contribution in [3.8, 4) is 0 Å². The molecule has 1 aromatic heterocycles. The molecule has 1 aromatic rings. The molecule has 100 valence electrons. The van der Waals surface area contributed by atoms with Crippen molar-refractivity contribution in [3.63, 3.8) is 0 Å². The number of anilines is 1. The van der Waals surface area contributed by atoms with Crippen molar-refractivity contribution in [1.29, 1.82) is 0 Å². The van der Waals surface area contributed by atoms with Gasteiger partial charge in [-0.2, -0.15) is 0 Å². The highest BCUT2D eigenvalue weighted by Crippen LogP contribution is 2.11. The number of amides is 1. The molecular formula is C12H21N5O. The molecule has 18 heavy (non-hydrogen) atoms. The molecule has 0 atom stereocenters. The summed E-state index contributed by atoms with van der Waals surface area (Å²) in [7, 11) is 5.62. The third kappa shape index (κ3) is 3.66. The quantitative estimate of drug-likeness (QED) is 0.801. The summed E-state index contributed by atoms with van der Waals surface area (Å²) >= 11 is 0. The van der Waals surface area contributed by atoms with Gasteiger partial charge in [0.15, 0.2) is 5.69 Å². The predicted molar refractivity (Wildman–Crippen MR) is 71.7 cm³/mol. The van der Waals surface area contributed by atoms with Crippen LogP contribution in [0.2, 0.25) is 0 Å². The molecule has 0 radical (unpaired) electrons. The van der Waals surface area contributed by atoms with E-state index in [9.17, 15) is 4.79 Å². The van der Waals surface area contributed by atoms with E-state index in [0.29, 0.717) is 11.5 Å². The first kappa shape index (κ1) is 14.4. The maximum Gasteiger partial charge on any atom is 0.271 e. The van der Waals surface area contributed by atoms with Crippen molar-refractivity contribution in [2.75, 3.05) is 33.0 Å². The third-order valence-electron chi connectivity index (χ3n) is 3.04. The van der Waals surface area contributed by atoms with E-state index in [-0.39, 0.29) is 11.4 Å². The summed E-state index contributed by atoms with van der Waals surface area (Å²) in [5, 5.41) is 13.5. The Morgan fingerprint density at radius 1 is 1.33 bits per heavy atom. The van der Waals surface area contributed by atoms with Gasteiger partial charge in [0.25, 0.3) is 5.91 Å². The second kappa shape index (κ2) is 5.77. The molecule has 1 heterocycles. The predicted octanol–water partition coefficient (Wildman–Crippen LogP) is 0.588. The van der Waals surface area contributed by atoms with Crippen LogP contribution < -0.4 is 10.6 Å². The van der Waals surface area contributed by atoms with Crippen LogP contribution in [0.5, 0.6) is 0 Å². The van der Waals surface area contributed by atoms with E-state index in [0.717, 1.165) is 6.54 Å². The van der Waals surface area contributed by atoms with Gasteiger partial charge in [-0.15, -0.1) is 10.2 Å². The summed E-state index contributed by atoms with van der Waals surface area (Å²) in [6.07, 6.45) is 0. The van der Waals surface area contributed by atoms with Crippen molar-refractivity contribution in [2.45, 2.75) is 19.4 Å². The topological polar surface area (TPSA) is 70.2 Å². The number of rotatable bonds is 5. The fourth-order valence-electron chi connectivity index (χ4n) is 1.14. The lowest BCUT2D eigenvalue weighted by molar-refractivity contribution is 0.0957. The van der Waals surface area contributed by atoms with Gasteiger partial charge in [0.1, 0.15) is 5.82 Å². The number of nitrogens with one attached hydrogen (secondary N) is 2. The molecular weight excluding hydrogens is 230 g/mol. The molecule has 0 fully saturated rings. The third-order valence-corrected chi connectivity index (χ3v) is 3.04. The zero-order valence-electron chi connectivity index (χ0n) is 11.6. The molecule has 2 N–H and O–H groups in total. The Kier molecular flexibility index (Phi) is 4.61. The molecule has 0 aromatic carbocycles. The standard InChI is InChI=1S/C12H21N5O/c1-12(2,17(4)5)8-14-10-7-6-9(15-16-10)11(18)13-3/h6-7H,8H2,1-5H3,(H,13,18)(H,14,16). The SMILES string of the molecule is CNC(=O)c1ccc(NCC(C)(C)N(C)C)nn1. The maximum atomic E-state index is 11.3. The van der Waals surface area contributed by atoms with Crippen LogP contribution in [0, 0.1) is 0 Å². The second-order valence-electron chi connectivity index (χ2n) is 4.94. The largest absolute Gasteiger partial charge is 0.367 e. The first-order valence-electron chi connectivity index (χ1n) is 5.84. The molecule has 0 saturated carbocycles. The average molecular weight is 251 g/mol. The Balaban J connectivity index is 2.62. The van der Waals surface area contributed by atoms with Gasteiger partial charge < -0.3 is 15.5 Å². The first-order valence-corrected chi connectivity index (χ1v) is 5.84. The van der Waals surface area contributed by atoms with Crippen LogP contribution >= 0.6 is 0 Å². The van der Waals surface area contributed by atoms with E-state index in [1.807, 2.05) is 14.1 Å². The average Bonchev–Trinajstić information content (AvgIpc) is 2.36. The van der Waals surface area contributed by atoms with Crippen molar-refractivity contribution >= 4 is 11.7 Å². The minimum atomic E-state index is -0.234. The maximum absolute atomic E-state index is 11.3. The van der Waals surface area contributed by atoms with Gasteiger partial charge in [0, 0.05) is 19.1 Å². The molecule has 0 aliphatic rings. The number of carbonyl (C=O) groups is 1. The fraction of sp³-hybridized carbons (Fsp3) is 0.583. The highest BCUT2D eigenvalue weighted by Gasteiger charge is 2.20. The zero-order chi connectivity index (χ0) is 13.8. The van der Waals surface area contributed by atoms with E-state index < -0.39 is 0 Å². The van der Waals surface area contributed by atoms with Gasteiger partial charge in [0.05, 0.1) is 0 Å². The van der Waals surface area contributed by atoms with Gasteiger partial charge >= 0.3 is 0 Å². The molecule has 1 amide bonds. The monoisotopic (exact) mass is 251 g/mol. The summed E-state index contributed by atoms with van der Waals surface area (Å²) < 4.78 is 0. The minimum absolute atomic E-state index is 0.0150. The van der Waals surface area contributed by atoms with Gasteiger partial charge in [-0.05, 0) is 40.1 Å². The van der Waals surface area contributed by atoms with E-state index in [1.165, 1.54) is 0 Å². The summed E-state index contributed by atoms with van der Waals surface area (Å²) in [5.41, 5.74) is 0.330. The van der Waals surface area contributed by atoms with Crippen molar-refractivity contribution < 1.29 is 4.79 Å². The van der Waals surface area contributed by atoms with Crippen LogP contribution in [0.4, 0.5) is 5.82 Å². The summed E-state index contributed by atoms with van der Waals surface area (Å²) in [4.78, 5) is 13.4. The molecule has 6 nitrogen and oxygen atoms in total.